The van der Waals surface area contributed by atoms with Crippen LogP contribution in [0, 0.1) is 10.1 Å². The molecule has 0 saturated carbocycles. The largest absolute Gasteiger partial charge is 0.397 e. The average molecular weight is 212 g/mol. The topological polar surface area (TPSA) is 75.4 Å². The molecular weight excluding hydrogens is 196 g/mol. The third-order valence-electron chi connectivity index (χ3n) is 1.53. The number of aliphatic hydroxyl groups is 1. The molecule has 0 aliphatic rings. The van der Waals surface area contributed by atoms with Crippen molar-refractivity contribution in [2.45, 2.75) is 13.5 Å². The van der Waals surface area contributed by atoms with Crippen molar-refractivity contribution < 1.29 is 10.0 Å². The monoisotopic (exact) mass is 212 g/mol. The van der Waals surface area contributed by atoms with Crippen molar-refractivity contribution in [3.8, 4) is 0 Å². The Kier molecular flexibility index (Phi) is 7.13. The molecule has 0 aliphatic heterocycles. The summed E-state index contributed by atoms with van der Waals surface area (Å²) in [5.74, 6) is 0. The summed E-state index contributed by atoms with van der Waals surface area (Å²) in [7, 11) is 1.83. The van der Waals surface area contributed by atoms with E-state index in [1.54, 1.807) is 19.1 Å². The fourth-order valence-electron chi connectivity index (χ4n) is 0.940. The van der Waals surface area contributed by atoms with Crippen LogP contribution in [0.25, 0.3) is 0 Å². The van der Waals surface area contributed by atoms with Gasteiger partial charge in [-0.25, -0.2) is 0 Å². The number of hydrogen-bond donors (Lipinski definition) is 2. The number of nitro benzene ring substituents is 1. The van der Waals surface area contributed by atoms with Crippen molar-refractivity contribution in [3.63, 3.8) is 0 Å². The highest BCUT2D eigenvalue weighted by molar-refractivity contribution is 5.32. The SMILES string of the molecule is CCO.CNCc1ccc([N+](=O)[O-])cc1. The van der Waals surface area contributed by atoms with Gasteiger partial charge in [0.05, 0.1) is 4.92 Å². The molecule has 0 aliphatic carbocycles. The van der Waals surface area contributed by atoms with Crippen molar-refractivity contribution >= 4 is 5.69 Å². The quantitative estimate of drug-likeness (QED) is 0.585. The van der Waals surface area contributed by atoms with E-state index in [4.69, 9.17) is 5.11 Å². The maximum Gasteiger partial charge on any atom is 0.269 e. The molecule has 0 spiro atoms. The van der Waals surface area contributed by atoms with E-state index in [0.29, 0.717) is 0 Å². The van der Waals surface area contributed by atoms with E-state index in [9.17, 15) is 10.1 Å². The zero-order valence-electron chi connectivity index (χ0n) is 8.93. The van der Waals surface area contributed by atoms with Gasteiger partial charge in [0.15, 0.2) is 0 Å². The molecule has 0 amide bonds. The molecule has 0 bridgehead atoms. The number of rotatable bonds is 3. The van der Waals surface area contributed by atoms with Crippen molar-refractivity contribution in [2.75, 3.05) is 13.7 Å². The van der Waals surface area contributed by atoms with E-state index in [0.717, 1.165) is 12.1 Å². The fraction of sp³-hybridized carbons (Fsp3) is 0.400. The first-order valence-electron chi connectivity index (χ1n) is 4.64. The van der Waals surface area contributed by atoms with Crippen LogP contribution < -0.4 is 5.32 Å². The van der Waals surface area contributed by atoms with Gasteiger partial charge in [0.1, 0.15) is 0 Å². The van der Waals surface area contributed by atoms with E-state index >= 15 is 0 Å². The van der Waals surface area contributed by atoms with Gasteiger partial charge < -0.3 is 10.4 Å². The number of hydrogen-bond acceptors (Lipinski definition) is 4. The van der Waals surface area contributed by atoms with Crippen molar-refractivity contribution in [1.29, 1.82) is 0 Å². The molecule has 0 unspecified atom stereocenters. The number of nitrogens with one attached hydrogen (secondary N) is 1. The number of aliphatic hydroxyl groups excluding tert-OH is 1. The maximum absolute atomic E-state index is 10.3. The Morgan fingerprint density at radius 3 is 2.20 bits per heavy atom. The highest BCUT2D eigenvalue weighted by Crippen LogP contribution is 2.11. The van der Waals surface area contributed by atoms with Crippen LogP contribution >= 0.6 is 0 Å². The predicted octanol–water partition coefficient (Wildman–Crippen LogP) is 1.31. The summed E-state index contributed by atoms with van der Waals surface area (Å²) < 4.78 is 0. The van der Waals surface area contributed by atoms with E-state index in [2.05, 4.69) is 5.32 Å². The number of non-ortho nitro benzene ring substituents is 1. The lowest BCUT2D eigenvalue weighted by molar-refractivity contribution is -0.384. The number of benzene rings is 1. The average Bonchev–Trinajstić information content (AvgIpc) is 2.20. The molecule has 1 aromatic carbocycles. The summed E-state index contributed by atoms with van der Waals surface area (Å²) in [5.41, 5.74) is 1.18. The van der Waals surface area contributed by atoms with E-state index in [1.165, 1.54) is 12.1 Å². The minimum atomic E-state index is -0.400. The van der Waals surface area contributed by atoms with Gasteiger partial charge in [0.2, 0.25) is 0 Å². The van der Waals surface area contributed by atoms with Crippen LogP contribution in [0.2, 0.25) is 0 Å². The first kappa shape index (κ1) is 13.5. The van der Waals surface area contributed by atoms with Gasteiger partial charge in [0, 0.05) is 25.3 Å². The summed E-state index contributed by atoms with van der Waals surface area (Å²) in [6.45, 7) is 2.66. The Bertz CT molecular complexity index is 285. The molecule has 15 heavy (non-hydrogen) atoms. The summed E-state index contributed by atoms with van der Waals surface area (Å²) in [6.07, 6.45) is 0. The predicted molar refractivity (Wildman–Crippen MR) is 58.6 cm³/mol. The third-order valence-corrected chi connectivity index (χ3v) is 1.53. The Hall–Kier alpha value is -1.46. The highest BCUT2D eigenvalue weighted by Gasteiger charge is 2.02. The normalized spacial score (nSPS) is 9.00. The Morgan fingerprint density at radius 1 is 1.40 bits per heavy atom. The molecule has 0 saturated heterocycles. The van der Waals surface area contributed by atoms with Crippen LogP contribution in [0.4, 0.5) is 5.69 Å². The van der Waals surface area contributed by atoms with Crippen LogP contribution in [-0.4, -0.2) is 23.7 Å². The van der Waals surface area contributed by atoms with Crippen LogP contribution in [0.15, 0.2) is 24.3 Å². The first-order chi connectivity index (χ1) is 7.15. The van der Waals surface area contributed by atoms with Gasteiger partial charge in [-0.1, -0.05) is 12.1 Å². The van der Waals surface area contributed by atoms with Crippen molar-refractivity contribution in [2.24, 2.45) is 0 Å². The summed E-state index contributed by atoms with van der Waals surface area (Å²) in [6, 6.07) is 6.50. The molecular formula is C10H16N2O3. The van der Waals surface area contributed by atoms with Gasteiger partial charge in [-0.05, 0) is 19.5 Å². The second kappa shape index (κ2) is 7.90. The van der Waals surface area contributed by atoms with Gasteiger partial charge in [-0.2, -0.15) is 0 Å². The lowest BCUT2D eigenvalue weighted by Gasteiger charge is -1.97. The standard InChI is InChI=1S/C8H10N2O2.C2H6O/c1-9-6-7-2-4-8(5-3-7)10(11)12;1-2-3/h2-5,9H,6H2,1H3;3H,2H2,1H3. The second-order valence-electron chi connectivity index (χ2n) is 2.77. The molecule has 84 valence electrons. The number of nitro groups is 1. The van der Waals surface area contributed by atoms with Crippen molar-refractivity contribution in [3.05, 3.63) is 39.9 Å². The Labute approximate surface area is 88.9 Å². The first-order valence-corrected chi connectivity index (χ1v) is 4.64. The maximum atomic E-state index is 10.3. The molecule has 0 atom stereocenters. The van der Waals surface area contributed by atoms with Gasteiger partial charge in [-0.3, -0.25) is 10.1 Å². The Balaban J connectivity index is 0.000000583. The minimum Gasteiger partial charge on any atom is -0.397 e. The van der Waals surface area contributed by atoms with Crippen LogP contribution in [0.3, 0.4) is 0 Å². The van der Waals surface area contributed by atoms with Gasteiger partial charge in [-0.15, -0.1) is 0 Å². The lowest BCUT2D eigenvalue weighted by atomic mass is 10.2. The third kappa shape index (κ3) is 5.77. The van der Waals surface area contributed by atoms with Crippen LogP contribution in [0.1, 0.15) is 12.5 Å². The zero-order valence-corrected chi connectivity index (χ0v) is 8.93. The van der Waals surface area contributed by atoms with Crippen LogP contribution in [0.5, 0.6) is 0 Å². The number of nitrogens with zero attached hydrogens (tertiary/aromatic N) is 1. The second-order valence-corrected chi connectivity index (χ2v) is 2.77. The molecule has 2 N–H and O–H groups in total. The molecule has 1 rings (SSSR count). The van der Waals surface area contributed by atoms with E-state index in [-0.39, 0.29) is 12.3 Å². The lowest BCUT2D eigenvalue weighted by Crippen LogP contribution is -2.04. The Morgan fingerprint density at radius 2 is 1.87 bits per heavy atom. The van der Waals surface area contributed by atoms with E-state index in [1.807, 2.05) is 7.05 Å². The minimum absolute atomic E-state index is 0.134. The zero-order chi connectivity index (χ0) is 11.7. The van der Waals surface area contributed by atoms with Gasteiger partial charge >= 0.3 is 0 Å². The summed E-state index contributed by atoms with van der Waals surface area (Å²) in [4.78, 5) is 9.86. The fourth-order valence-corrected chi connectivity index (χ4v) is 0.940. The smallest absolute Gasteiger partial charge is 0.269 e. The van der Waals surface area contributed by atoms with E-state index < -0.39 is 4.92 Å². The molecule has 0 radical (unpaired) electrons. The summed E-state index contributed by atoms with van der Waals surface area (Å²) in [5, 5.41) is 20.8. The molecule has 0 heterocycles. The molecule has 5 nitrogen and oxygen atoms in total. The van der Waals surface area contributed by atoms with Crippen molar-refractivity contribution in [1.82, 2.24) is 5.32 Å². The molecule has 1 aromatic rings. The molecule has 0 aromatic heterocycles. The van der Waals surface area contributed by atoms with Gasteiger partial charge in [0.25, 0.3) is 5.69 Å². The summed E-state index contributed by atoms with van der Waals surface area (Å²) >= 11 is 0. The molecule has 0 fully saturated rings. The van der Waals surface area contributed by atoms with Crippen LogP contribution in [-0.2, 0) is 6.54 Å². The highest BCUT2D eigenvalue weighted by atomic mass is 16.6. The molecule has 5 heteroatoms.